The van der Waals surface area contributed by atoms with Gasteiger partial charge in [0.05, 0.1) is 16.1 Å². The van der Waals surface area contributed by atoms with Gasteiger partial charge in [-0.1, -0.05) is 36.4 Å². The Hall–Kier alpha value is -4.07. The summed E-state index contributed by atoms with van der Waals surface area (Å²) in [7, 11) is 0. The predicted molar refractivity (Wildman–Crippen MR) is 115 cm³/mol. The number of hydrogen-bond donors (Lipinski definition) is 1. The maximum atomic E-state index is 12.1. The number of anilines is 4. The smallest absolute Gasteiger partial charge is 0.332 e. The fourth-order valence-corrected chi connectivity index (χ4v) is 3.91. The third-order valence-electron chi connectivity index (χ3n) is 5.24. The molecule has 3 heterocycles. The van der Waals surface area contributed by atoms with Gasteiger partial charge >= 0.3 is 5.69 Å². The van der Waals surface area contributed by atoms with Crippen molar-refractivity contribution in [1.29, 1.82) is 0 Å². The summed E-state index contributed by atoms with van der Waals surface area (Å²) in [6, 6.07) is 17.4. The van der Waals surface area contributed by atoms with E-state index in [2.05, 4.69) is 26.3 Å². The van der Waals surface area contributed by atoms with Gasteiger partial charge in [0.15, 0.2) is 0 Å². The molecule has 30 heavy (non-hydrogen) atoms. The molecular formula is C22H18N6O2. The Kier molecular flexibility index (Phi) is 4.44. The molecule has 0 saturated carbocycles. The predicted octanol–water partition coefficient (Wildman–Crippen LogP) is 4.76. The molecule has 8 heteroatoms. The Morgan fingerprint density at radius 3 is 2.77 bits per heavy atom. The van der Waals surface area contributed by atoms with Crippen LogP contribution in [0.1, 0.15) is 12.0 Å². The highest BCUT2D eigenvalue weighted by molar-refractivity contribution is 5.93. The van der Waals surface area contributed by atoms with Gasteiger partial charge in [0, 0.05) is 23.8 Å². The standard InChI is InChI=1S/C22H18N6O2/c29-28(30)20-21(26-17-10-3-7-16-8-4-12-23-19(16)17)24-14-25-22(20)27-13-5-9-15-6-1-2-11-18(15)27/h1-4,6-8,10-12,14H,5,9,13H2,(H,24,25,26). The van der Waals surface area contributed by atoms with Crippen molar-refractivity contribution in [2.45, 2.75) is 12.8 Å². The molecule has 0 saturated heterocycles. The summed E-state index contributed by atoms with van der Waals surface area (Å²) in [5.41, 5.74) is 3.33. The first-order chi connectivity index (χ1) is 14.7. The first kappa shape index (κ1) is 18.0. The zero-order valence-electron chi connectivity index (χ0n) is 16.0. The highest BCUT2D eigenvalue weighted by Crippen LogP contribution is 2.40. The minimum absolute atomic E-state index is 0.145. The molecule has 0 bridgehead atoms. The maximum Gasteiger partial charge on any atom is 0.354 e. The lowest BCUT2D eigenvalue weighted by Gasteiger charge is -2.30. The van der Waals surface area contributed by atoms with Crippen LogP contribution in [0.4, 0.5) is 28.7 Å². The van der Waals surface area contributed by atoms with E-state index in [4.69, 9.17) is 0 Å². The molecular weight excluding hydrogens is 380 g/mol. The zero-order valence-corrected chi connectivity index (χ0v) is 16.0. The topological polar surface area (TPSA) is 97.1 Å². The first-order valence-electron chi connectivity index (χ1n) is 9.68. The molecule has 148 valence electrons. The van der Waals surface area contributed by atoms with Crippen LogP contribution in [0.2, 0.25) is 0 Å². The number of pyridine rings is 1. The molecule has 1 aliphatic heterocycles. The van der Waals surface area contributed by atoms with E-state index < -0.39 is 4.92 Å². The van der Waals surface area contributed by atoms with Gasteiger partial charge in [0.1, 0.15) is 6.33 Å². The second-order valence-electron chi connectivity index (χ2n) is 7.04. The monoisotopic (exact) mass is 398 g/mol. The summed E-state index contributed by atoms with van der Waals surface area (Å²) in [5.74, 6) is 0.434. The number of hydrogen-bond acceptors (Lipinski definition) is 7. The zero-order chi connectivity index (χ0) is 20.5. The molecule has 1 aliphatic rings. The Bertz CT molecular complexity index is 1250. The molecule has 2 aromatic heterocycles. The van der Waals surface area contributed by atoms with Crippen LogP contribution in [0.15, 0.2) is 67.1 Å². The van der Waals surface area contributed by atoms with Crippen LogP contribution in [0.25, 0.3) is 10.9 Å². The number of fused-ring (bicyclic) bond motifs is 2. The summed E-state index contributed by atoms with van der Waals surface area (Å²) in [5, 5.41) is 16.1. The van der Waals surface area contributed by atoms with Crippen LogP contribution in [0.3, 0.4) is 0 Å². The van der Waals surface area contributed by atoms with Crippen molar-refractivity contribution in [3.05, 3.63) is 82.8 Å². The van der Waals surface area contributed by atoms with Crippen LogP contribution >= 0.6 is 0 Å². The van der Waals surface area contributed by atoms with Crippen LogP contribution in [0.5, 0.6) is 0 Å². The fourth-order valence-electron chi connectivity index (χ4n) is 3.91. The third-order valence-corrected chi connectivity index (χ3v) is 5.24. The van der Waals surface area contributed by atoms with E-state index >= 15 is 0 Å². The Labute approximate surface area is 172 Å². The second kappa shape index (κ2) is 7.40. The van der Waals surface area contributed by atoms with E-state index in [0.29, 0.717) is 12.2 Å². The van der Waals surface area contributed by atoms with E-state index in [1.54, 1.807) is 6.20 Å². The van der Waals surface area contributed by atoms with Crippen LogP contribution in [0, 0.1) is 10.1 Å². The number of nitrogens with one attached hydrogen (secondary N) is 1. The fraction of sp³-hybridized carbons (Fsp3) is 0.136. The normalized spacial score (nSPS) is 13.1. The van der Waals surface area contributed by atoms with Gasteiger partial charge in [-0.05, 0) is 36.6 Å². The van der Waals surface area contributed by atoms with Gasteiger partial charge in [-0.2, -0.15) is 0 Å². The summed E-state index contributed by atoms with van der Waals surface area (Å²) >= 11 is 0. The van der Waals surface area contributed by atoms with Crippen molar-refractivity contribution in [2.75, 3.05) is 16.8 Å². The minimum Gasteiger partial charge on any atom is -0.332 e. The number of benzene rings is 2. The van der Waals surface area contributed by atoms with E-state index in [1.807, 2.05) is 53.4 Å². The largest absolute Gasteiger partial charge is 0.354 e. The summed E-state index contributed by atoms with van der Waals surface area (Å²) in [6.45, 7) is 0.657. The molecule has 0 spiro atoms. The average Bonchev–Trinajstić information content (AvgIpc) is 2.78. The number of para-hydroxylation sites is 2. The summed E-state index contributed by atoms with van der Waals surface area (Å²) in [6.07, 6.45) is 4.89. The van der Waals surface area contributed by atoms with Crippen molar-refractivity contribution >= 4 is 39.6 Å². The number of nitrogens with zero attached hydrogens (tertiary/aromatic N) is 5. The molecule has 0 atom stereocenters. The number of nitro groups is 1. The highest BCUT2D eigenvalue weighted by Gasteiger charge is 2.30. The lowest BCUT2D eigenvalue weighted by molar-refractivity contribution is -0.383. The number of aryl methyl sites for hydroxylation is 1. The lowest BCUT2D eigenvalue weighted by Crippen LogP contribution is -2.26. The molecule has 2 aromatic carbocycles. The number of aromatic nitrogens is 3. The van der Waals surface area contributed by atoms with Gasteiger partial charge < -0.3 is 10.2 Å². The van der Waals surface area contributed by atoms with Crippen molar-refractivity contribution in [1.82, 2.24) is 15.0 Å². The van der Waals surface area contributed by atoms with E-state index in [1.165, 1.54) is 6.33 Å². The van der Waals surface area contributed by atoms with Crippen LogP contribution < -0.4 is 10.2 Å². The molecule has 4 aromatic rings. The molecule has 0 fully saturated rings. The van der Waals surface area contributed by atoms with Crippen molar-refractivity contribution in [3.63, 3.8) is 0 Å². The maximum absolute atomic E-state index is 12.1. The number of rotatable bonds is 4. The molecule has 0 radical (unpaired) electrons. The van der Waals surface area contributed by atoms with Crippen molar-refractivity contribution in [2.24, 2.45) is 0 Å². The Balaban J connectivity index is 1.62. The SMILES string of the molecule is O=[N+]([O-])c1c(Nc2cccc3cccnc23)ncnc1N1CCCc2ccccc21. The van der Waals surface area contributed by atoms with E-state index in [0.717, 1.165) is 35.0 Å². The minimum atomic E-state index is -0.423. The Morgan fingerprint density at radius 1 is 1.00 bits per heavy atom. The van der Waals surface area contributed by atoms with Crippen LogP contribution in [-0.4, -0.2) is 26.4 Å². The van der Waals surface area contributed by atoms with E-state index in [9.17, 15) is 10.1 Å². The Morgan fingerprint density at radius 2 is 1.87 bits per heavy atom. The quantitative estimate of drug-likeness (QED) is 0.391. The van der Waals surface area contributed by atoms with Gasteiger partial charge in [0.2, 0.25) is 11.6 Å². The second-order valence-corrected chi connectivity index (χ2v) is 7.04. The van der Waals surface area contributed by atoms with Gasteiger partial charge in [-0.3, -0.25) is 15.1 Å². The molecule has 0 aliphatic carbocycles. The third kappa shape index (κ3) is 3.08. The van der Waals surface area contributed by atoms with Gasteiger partial charge in [-0.25, -0.2) is 9.97 Å². The molecule has 0 amide bonds. The molecule has 8 nitrogen and oxygen atoms in total. The average molecular weight is 398 g/mol. The molecule has 1 N–H and O–H groups in total. The van der Waals surface area contributed by atoms with Gasteiger partial charge in [0.25, 0.3) is 0 Å². The van der Waals surface area contributed by atoms with Crippen molar-refractivity contribution < 1.29 is 4.92 Å². The van der Waals surface area contributed by atoms with Crippen molar-refractivity contribution in [3.8, 4) is 0 Å². The molecule has 5 rings (SSSR count). The lowest BCUT2D eigenvalue weighted by atomic mass is 10.0. The molecule has 0 unspecified atom stereocenters. The highest BCUT2D eigenvalue weighted by atomic mass is 16.6. The van der Waals surface area contributed by atoms with E-state index in [-0.39, 0.29) is 17.3 Å². The van der Waals surface area contributed by atoms with Crippen LogP contribution in [-0.2, 0) is 6.42 Å². The summed E-state index contributed by atoms with van der Waals surface area (Å²) < 4.78 is 0. The first-order valence-corrected chi connectivity index (χ1v) is 9.68. The van der Waals surface area contributed by atoms with Gasteiger partial charge in [-0.15, -0.1) is 0 Å². The summed E-state index contributed by atoms with van der Waals surface area (Å²) in [4.78, 5) is 26.5.